The Labute approximate surface area is 233 Å². The van der Waals surface area contributed by atoms with Gasteiger partial charge in [0, 0.05) is 18.7 Å². The van der Waals surface area contributed by atoms with E-state index in [0.717, 1.165) is 12.8 Å². The van der Waals surface area contributed by atoms with E-state index >= 15 is 0 Å². The number of ether oxygens (including phenoxy) is 1. The summed E-state index contributed by atoms with van der Waals surface area (Å²) in [6.07, 6.45) is 32.9. The van der Waals surface area contributed by atoms with E-state index < -0.39 is 0 Å². The molecule has 37 heavy (non-hydrogen) atoms. The van der Waals surface area contributed by atoms with Gasteiger partial charge in [-0.15, -0.1) is 0 Å². The molecule has 0 N–H and O–H groups in total. The summed E-state index contributed by atoms with van der Waals surface area (Å²) >= 11 is 0. The zero-order chi connectivity index (χ0) is 27.4. The van der Waals surface area contributed by atoms with Gasteiger partial charge in [-0.25, -0.2) is 0 Å². The Hall–Kier alpha value is -1.12. The van der Waals surface area contributed by atoms with Crippen molar-refractivity contribution in [3.05, 3.63) is 11.8 Å². The zero-order valence-corrected chi connectivity index (χ0v) is 26.2. The molecule has 0 amide bonds. The molecule has 3 heteroatoms. The third-order valence-electron chi connectivity index (χ3n) is 7.62. The average molecular weight is 519 g/mol. The van der Waals surface area contributed by atoms with E-state index in [1.54, 1.807) is 0 Å². The van der Waals surface area contributed by atoms with Crippen LogP contribution in [0, 0.1) is 5.92 Å². The van der Waals surface area contributed by atoms with E-state index in [9.17, 15) is 0 Å². The van der Waals surface area contributed by atoms with Gasteiger partial charge in [0.25, 0.3) is 0 Å². The summed E-state index contributed by atoms with van der Waals surface area (Å²) in [5, 5.41) is 0. The van der Waals surface area contributed by atoms with Crippen molar-refractivity contribution < 1.29 is 4.74 Å². The van der Waals surface area contributed by atoms with Crippen LogP contribution in [0.5, 0.6) is 0 Å². The largest absolute Gasteiger partial charge is 0.474 e. The molecule has 0 aliphatic rings. The lowest BCUT2D eigenvalue weighted by atomic mass is 9.91. The number of unbranched alkanes of at least 4 members (excludes halogenated alkanes) is 14. The van der Waals surface area contributed by atoms with Crippen molar-refractivity contribution in [1.82, 2.24) is 0 Å². The lowest BCUT2D eigenvalue weighted by Crippen LogP contribution is -2.20. The van der Waals surface area contributed by atoms with E-state index in [1.165, 1.54) is 134 Å². The van der Waals surface area contributed by atoms with Crippen LogP contribution >= 0.6 is 0 Å². The van der Waals surface area contributed by atoms with Crippen molar-refractivity contribution in [3.8, 4) is 0 Å². The van der Waals surface area contributed by atoms with Gasteiger partial charge in [0.1, 0.15) is 6.10 Å². The molecule has 0 aromatic rings. The summed E-state index contributed by atoms with van der Waals surface area (Å²) in [5.74, 6) is 1.27. The van der Waals surface area contributed by atoms with Crippen molar-refractivity contribution in [2.45, 2.75) is 182 Å². The van der Waals surface area contributed by atoms with E-state index in [1.807, 2.05) is 13.3 Å². The standard InChI is InChI=1S/C34H66N2O/c1-7-12-16-20-24-28-32(29-25-21-17-13-8-2)37-34(35-6)30-36-33(11-5)31(26-22-18-14-9-3)27-23-19-15-10-4/h11,30-32H,7-10,12-29H2,1-6H3/b33-11-,35-34+,36-30-. The third kappa shape index (κ3) is 21.5. The maximum absolute atomic E-state index is 6.49. The fourth-order valence-electron chi connectivity index (χ4n) is 5.15. The Kier molecular flexibility index (Phi) is 27.1. The lowest BCUT2D eigenvalue weighted by molar-refractivity contribution is 0.164. The van der Waals surface area contributed by atoms with Gasteiger partial charge in [0.2, 0.25) is 5.90 Å². The molecule has 0 bridgehead atoms. The SMILES string of the molecule is C\C=C(/N=C\C(=N/C)OC(CCCCCCC)CCCCCCC)C(CCCCCC)CCCCCC. The van der Waals surface area contributed by atoms with Crippen LogP contribution in [0.1, 0.15) is 176 Å². The van der Waals surface area contributed by atoms with Crippen LogP contribution < -0.4 is 0 Å². The molecule has 218 valence electrons. The minimum Gasteiger partial charge on any atom is -0.474 e. The number of allylic oxidation sites excluding steroid dienone is 2. The van der Waals surface area contributed by atoms with Crippen molar-refractivity contribution in [2.75, 3.05) is 7.05 Å². The second kappa shape index (κ2) is 27.9. The van der Waals surface area contributed by atoms with E-state index in [-0.39, 0.29) is 6.10 Å². The van der Waals surface area contributed by atoms with Crippen LogP contribution in [0.25, 0.3) is 0 Å². The Balaban J connectivity index is 5.11. The van der Waals surface area contributed by atoms with Gasteiger partial charge < -0.3 is 4.74 Å². The minimum atomic E-state index is 0.265. The third-order valence-corrected chi connectivity index (χ3v) is 7.62. The minimum absolute atomic E-state index is 0.265. The van der Waals surface area contributed by atoms with Crippen LogP contribution in [0.4, 0.5) is 0 Å². The van der Waals surface area contributed by atoms with Gasteiger partial charge in [-0.05, 0) is 45.4 Å². The summed E-state index contributed by atoms with van der Waals surface area (Å²) in [5.41, 5.74) is 1.23. The summed E-state index contributed by atoms with van der Waals surface area (Å²) in [6, 6.07) is 0. The predicted molar refractivity (Wildman–Crippen MR) is 168 cm³/mol. The molecule has 3 nitrogen and oxygen atoms in total. The number of nitrogens with zero attached hydrogens (tertiary/aromatic N) is 2. The number of aliphatic imine (C=N–C) groups is 2. The Morgan fingerprint density at radius 1 is 0.595 bits per heavy atom. The molecule has 0 aliphatic heterocycles. The number of hydrogen-bond acceptors (Lipinski definition) is 3. The van der Waals surface area contributed by atoms with Gasteiger partial charge >= 0.3 is 0 Å². The molecule has 0 aromatic heterocycles. The van der Waals surface area contributed by atoms with Crippen molar-refractivity contribution in [1.29, 1.82) is 0 Å². The van der Waals surface area contributed by atoms with E-state index in [0.29, 0.717) is 11.8 Å². The Bertz CT molecular complexity index is 540. The number of rotatable bonds is 26. The fourth-order valence-corrected chi connectivity index (χ4v) is 5.15. The molecule has 0 saturated carbocycles. The number of hydrogen-bond donors (Lipinski definition) is 0. The Morgan fingerprint density at radius 3 is 1.41 bits per heavy atom. The quantitative estimate of drug-likeness (QED) is 0.0636. The summed E-state index contributed by atoms with van der Waals surface area (Å²) in [7, 11) is 1.85. The van der Waals surface area contributed by atoms with E-state index in [4.69, 9.17) is 9.73 Å². The molecule has 0 fully saturated rings. The highest BCUT2D eigenvalue weighted by molar-refractivity contribution is 6.26. The predicted octanol–water partition coefficient (Wildman–Crippen LogP) is 11.7. The molecular formula is C34H66N2O. The molecule has 0 saturated heterocycles. The molecular weight excluding hydrogens is 452 g/mol. The van der Waals surface area contributed by atoms with Crippen molar-refractivity contribution in [2.24, 2.45) is 15.9 Å². The zero-order valence-electron chi connectivity index (χ0n) is 26.2. The van der Waals surface area contributed by atoms with Crippen LogP contribution in [0.2, 0.25) is 0 Å². The van der Waals surface area contributed by atoms with Crippen LogP contribution in [0.15, 0.2) is 21.8 Å². The smallest absolute Gasteiger partial charge is 0.227 e. The van der Waals surface area contributed by atoms with Crippen molar-refractivity contribution in [3.63, 3.8) is 0 Å². The van der Waals surface area contributed by atoms with Gasteiger partial charge in [0.05, 0.1) is 6.21 Å². The molecule has 0 aromatic carbocycles. The first-order valence-electron chi connectivity index (χ1n) is 16.5. The molecule has 0 unspecified atom stereocenters. The highest BCUT2D eigenvalue weighted by Gasteiger charge is 2.15. The molecule has 0 rings (SSSR count). The fraction of sp³-hybridized carbons (Fsp3) is 0.882. The Morgan fingerprint density at radius 2 is 1.00 bits per heavy atom. The van der Waals surface area contributed by atoms with Gasteiger partial charge in [-0.1, -0.05) is 137 Å². The van der Waals surface area contributed by atoms with E-state index in [2.05, 4.69) is 45.7 Å². The average Bonchev–Trinajstić information content (AvgIpc) is 2.91. The van der Waals surface area contributed by atoms with Crippen LogP contribution in [-0.2, 0) is 4.74 Å². The first-order chi connectivity index (χ1) is 18.2. The normalized spacial score (nSPS) is 13.0. The summed E-state index contributed by atoms with van der Waals surface area (Å²) in [4.78, 5) is 9.49. The monoisotopic (exact) mass is 519 g/mol. The maximum atomic E-state index is 6.49. The molecule has 0 heterocycles. The highest BCUT2D eigenvalue weighted by Crippen LogP contribution is 2.26. The van der Waals surface area contributed by atoms with Crippen molar-refractivity contribution >= 4 is 12.1 Å². The first-order valence-corrected chi connectivity index (χ1v) is 16.5. The lowest BCUT2D eigenvalue weighted by Gasteiger charge is -2.20. The van der Waals surface area contributed by atoms with Gasteiger partial charge in [-0.2, -0.15) is 0 Å². The maximum Gasteiger partial charge on any atom is 0.227 e. The molecule has 0 aliphatic carbocycles. The molecule has 0 atom stereocenters. The first kappa shape index (κ1) is 35.9. The molecule has 0 radical (unpaired) electrons. The van der Waals surface area contributed by atoms with Gasteiger partial charge in [0.15, 0.2) is 0 Å². The summed E-state index contributed by atoms with van der Waals surface area (Å²) in [6.45, 7) is 11.3. The van der Waals surface area contributed by atoms with Gasteiger partial charge in [-0.3, -0.25) is 9.98 Å². The van der Waals surface area contributed by atoms with Crippen LogP contribution in [-0.4, -0.2) is 25.3 Å². The second-order valence-corrected chi connectivity index (χ2v) is 11.1. The topological polar surface area (TPSA) is 34.0 Å². The van der Waals surface area contributed by atoms with Crippen LogP contribution in [0.3, 0.4) is 0 Å². The summed E-state index contributed by atoms with van der Waals surface area (Å²) < 4.78 is 6.49. The second-order valence-electron chi connectivity index (χ2n) is 11.1. The molecule has 0 spiro atoms. The highest BCUT2D eigenvalue weighted by atomic mass is 16.5.